The zero-order valence-corrected chi connectivity index (χ0v) is 9.41. The summed E-state index contributed by atoms with van der Waals surface area (Å²) in [4.78, 5) is 11.3. The lowest BCUT2D eigenvalue weighted by Crippen LogP contribution is -2.26. The number of nitrogens with one attached hydrogen (secondary N) is 1. The van der Waals surface area contributed by atoms with Crippen LogP contribution in [0, 0.1) is 5.82 Å². The maximum absolute atomic E-state index is 13.1. The molecule has 1 aromatic rings. The number of hydrogen-bond donors (Lipinski definition) is 2. The first-order chi connectivity index (χ1) is 8.15. The Kier molecular flexibility index (Phi) is 3.46. The van der Waals surface area contributed by atoms with E-state index >= 15 is 0 Å². The molecule has 0 aliphatic heterocycles. The van der Waals surface area contributed by atoms with Gasteiger partial charge < -0.3 is 15.8 Å². The zero-order valence-electron chi connectivity index (χ0n) is 9.41. The van der Waals surface area contributed by atoms with Gasteiger partial charge in [-0.3, -0.25) is 4.79 Å². The van der Waals surface area contributed by atoms with Crippen molar-refractivity contribution in [3.05, 3.63) is 24.0 Å². The van der Waals surface area contributed by atoms with Crippen molar-refractivity contribution >= 4 is 11.6 Å². The molecule has 0 radical (unpaired) electrons. The van der Waals surface area contributed by atoms with E-state index in [0.717, 1.165) is 12.8 Å². The second-order valence-electron chi connectivity index (χ2n) is 4.12. The molecule has 17 heavy (non-hydrogen) atoms. The van der Waals surface area contributed by atoms with Crippen molar-refractivity contribution in [3.63, 3.8) is 0 Å². The van der Waals surface area contributed by atoms with Gasteiger partial charge in [0.25, 0.3) is 0 Å². The normalized spacial score (nSPS) is 14.4. The molecule has 92 valence electrons. The lowest BCUT2D eigenvalue weighted by molar-refractivity contribution is -0.121. The van der Waals surface area contributed by atoms with Crippen molar-refractivity contribution in [2.24, 2.45) is 0 Å². The predicted octanol–water partition coefficient (Wildman–Crippen LogP) is 1.46. The Morgan fingerprint density at radius 1 is 1.53 bits per heavy atom. The number of rotatable bonds is 5. The molecule has 0 saturated heterocycles. The van der Waals surface area contributed by atoms with Crippen LogP contribution >= 0.6 is 0 Å². The van der Waals surface area contributed by atoms with Crippen molar-refractivity contribution in [3.8, 4) is 5.75 Å². The Morgan fingerprint density at radius 2 is 2.29 bits per heavy atom. The molecule has 0 aromatic heterocycles. The van der Waals surface area contributed by atoms with Crippen LogP contribution in [0.3, 0.4) is 0 Å². The molecule has 1 aliphatic rings. The molecule has 1 fully saturated rings. The van der Waals surface area contributed by atoms with E-state index < -0.39 is 5.82 Å². The zero-order chi connectivity index (χ0) is 12.3. The van der Waals surface area contributed by atoms with Gasteiger partial charge in [-0.05, 0) is 25.0 Å². The molecule has 4 nitrogen and oxygen atoms in total. The quantitative estimate of drug-likeness (QED) is 0.763. The molecule has 0 atom stereocenters. The van der Waals surface area contributed by atoms with Gasteiger partial charge in [-0.2, -0.15) is 0 Å². The molecule has 2 rings (SSSR count). The fourth-order valence-corrected chi connectivity index (χ4v) is 1.39. The van der Waals surface area contributed by atoms with E-state index in [1.807, 2.05) is 0 Å². The van der Waals surface area contributed by atoms with E-state index in [2.05, 4.69) is 5.32 Å². The van der Waals surface area contributed by atoms with Crippen LogP contribution in [0.2, 0.25) is 0 Å². The van der Waals surface area contributed by atoms with Crippen molar-refractivity contribution in [2.75, 3.05) is 12.3 Å². The molecular weight excluding hydrogens is 223 g/mol. The topological polar surface area (TPSA) is 64.3 Å². The minimum Gasteiger partial charge on any atom is -0.493 e. The van der Waals surface area contributed by atoms with E-state index in [1.54, 1.807) is 6.07 Å². The Hall–Kier alpha value is -1.78. The second kappa shape index (κ2) is 5.03. The van der Waals surface area contributed by atoms with Gasteiger partial charge in [0, 0.05) is 12.1 Å². The molecule has 3 N–H and O–H groups in total. The van der Waals surface area contributed by atoms with Crippen LogP contribution < -0.4 is 15.8 Å². The summed E-state index contributed by atoms with van der Waals surface area (Å²) < 4.78 is 18.3. The lowest BCUT2D eigenvalue weighted by atomic mass is 10.3. The first-order valence-corrected chi connectivity index (χ1v) is 5.62. The average Bonchev–Trinajstić information content (AvgIpc) is 3.07. The monoisotopic (exact) mass is 238 g/mol. The highest BCUT2D eigenvalue weighted by atomic mass is 19.1. The molecule has 1 saturated carbocycles. The van der Waals surface area contributed by atoms with Gasteiger partial charge in [0.05, 0.1) is 18.7 Å². The van der Waals surface area contributed by atoms with Crippen LogP contribution in [0.25, 0.3) is 0 Å². The predicted molar refractivity (Wildman–Crippen MR) is 62.1 cm³/mol. The van der Waals surface area contributed by atoms with Gasteiger partial charge >= 0.3 is 0 Å². The molecule has 0 unspecified atom stereocenters. The molecule has 1 amide bonds. The van der Waals surface area contributed by atoms with Crippen LogP contribution in [0.5, 0.6) is 5.75 Å². The molecule has 1 aromatic carbocycles. The summed E-state index contributed by atoms with van der Waals surface area (Å²) in [5.41, 5.74) is 5.42. The van der Waals surface area contributed by atoms with E-state index in [4.69, 9.17) is 10.5 Å². The maximum atomic E-state index is 13.1. The molecular formula is C12H15FN2O2. The van der Waals surface area contributed by atoms with Gasteiger partial charge in [0.15, 0.2) is 0 Å². The summed E-state index contributed by atoms with van der Waals surface area (Å²) in [5, 5.41) is 2.85. The number of hydrogen-bond acceptors (Lipinski definition) is 3. The Morgan fingerprint density at radius 3 is 2.94 bits per heavy atom. The minimum absolute atomic E-state index is 0.0246. The summed E-state index contributed by atoms with van der Waals surface area (Å²) in [6, 6.07) is 4.59. The molecule has 0 bridgehead atoms. The maximum Gasteiger partial charge on any atom is 0.223 e. The fraction of sp³-hybridized carbons (Fsp3) is 0.417. The number of ether oxygens (including phenoxy) is 1. The number of carbonyl (C=O) groups excluding carboxylic acids is 1. The van der Waals surface area contributed by atoms with E-state index in [0.29, 0.717) is 11.8 Å². The fourth-order valence-electron chi connectivity index (χ4n) is 1.39. The van der Waals surface area contributed by atoms with Crippen LogP contribution in [0.1, 0.15) is 19.3 Å². The van der Waals surface area contributed by atoms with Crippen LogP contribution in [0.15, 0.2) is 18.2 Å². The van der Waals surface area contributed by atoms with Crippen molar-refractivity contribution < 1.29 is 13.9 Å². The van der Waals surface area contributed by atoms with Crippen LogP contribution in [-0.4, -0.2) is 18.6 Å². The summed E-state index contributed by atoms with van der Waals surface area (Å²) in [5.74, 6) is -0.149. The number of anilines is 1. The minimum atomic E-state index is -0.509. The Labute approximate surface area is 98.9 Å². The summed E-state index contributed by atoms with van der Waals surface area (Å²) >= 11 is 0. The lowest BCUT2D eigenvalue weighted by Gasteiger charge is -2.07. The second-order valence-corrected chi connectivity index (χ2v) is 4.12. The third kappa shape index (κ3) is 3.62. The van der Waals surface area contributed by atoms with Gasteiger partial charge in [-0.25, -0.2) is 4.39 Å². The summed E-state index contributed by atoms with van der Waals surface area (Å²) in [7, 11) is 0. The Balaban J connectivity index is 1.73. The van der Waals surface area contributed by atoms with Gasteiger partial charge in [0.2, 0.25) is 5.91 Å². The van der Waals surface area contributed by atoms with Crippen LogP contribution in [0.4, 0.5) is 10.1 Å². The number of carbonyl (C=O) groups is 1. The number of nitrogen functional groups attached to an aromatic ring is 1. The van der Waals surface area contributed by atoms with Crippen molar-refractivity contribution in [1.29, 1.82) is 0 Å². The standard InChI is InChI=1S/C12H15FN2O2/c13-10-7-9(3-4-11(10)14)17-6-5-12(16)15-8-1-2-8/h3-4,7-8H,1-2,5-6,14H2,(H,15,16). The molecule has 1 aliphatic carbocycles. The van der Waals surface area contributed by atoms with E-state index in [-0.39, 0.29) is 24.6 Å². The van der Waals surface area contributed by atoms with E-state index in [9.17, 15) is 9.18 Å². The highest BCUT2D eigenvalue weighted by molar-refractivity contribution is 5.76. The highest BCUT2D eigenvalue weighted by Gasteiger charge is 2.22. The number of amides is 1. The van der Waals surface area contributed by atoms with E-state index in [1.165, 1.54) is 12.1 Å². The molecule has 5 heteroatoms. The van der Waals surface area contributed by atoms with Gasteiger partial charge in [0.1, 0.15) is 11.6 Å². The van der Waals surface area contributed by atoms with Crippen LogP contribution in [-0.2, 0) is 4.79 Å². The van der Waals surface area contributed by atoms with Crippen molar-refractivity contribution in [2.45, 2.75) is 25.3 Å². The van der Waals surface area contributed by atoms with Gasteiger partial charge in [-0.15, -0.1) is 0 Å². The molecule has 0 heterocycles. The first-order valence-electron chi connectivity index (χ1n) is 5.62. The van der Waals surface area contributed by atoms with Gasteiger partial charge in [-0.1, -0.05) is 0 Å². The smallest absolute Gasteiger partial charge is 0.223 e. The first kappa shape index (κ1) is 11.7. The highest BCUT2D eigenvalue weighted by Crippen LogP contribution is 2.19. The van der Waals surface area contributed by atoms with Crippen molar-refractivity contribution in [1.82, 2.24) is 5.32 Å². The molecule has 0 spiro atoms. The summed E-state index contributed by atoms with van der Waals surface area (Å²) in [6.07, 6.45) is 2.41. The number of nitrogens with two attached hydrogens (primary N) is 1. The largest absolute Gasteiger partial charge is 0.493 e. The third-order valence-electron chi connectivity index (χ3n) is 2.51. The average molecular weight is 238 g/mol. The summed E-state index contributed by atoms with van der Waals surface area (Å²) in [6.45, 7) is 0.238. The SMILES string of the molecule is Nc1ccc(OCCC(=O)NC2CC2)cc1F. The number of halogens is 1. The third-order valence-corrected chi connectivity index (χ3v) is 2.51. The number of benzene rings is 1. The Bertz CT molecular complexity index is 419.